The van der Waals surface area contributed by atoms with E-state index in [9.17, 15) is 4.79 Å². The van der Waals surface area contributed by atoms with E-state index in [4.69, 9.17) is 0 Å². The fourth-order valence-corrected chi connectivity index (χ4v) is 2.91. The number of hydrogen-bond acceptors (Lipinski definition) is 4. The molecule has 0 aromatic carbocycles. The first-order chi connectivity index (χ1) is 12.2. The van der Waals surface area contributed by atoms with E-state index in [1.165, 1.54) is 12.8 Å². The number of hydrogen-bond donors (Lipinski definition) is 0. The first kappa shape index (κ1) is 19.5. The second kappa shape index (κ2) is 9.61. The van der Waals surface area contributed by atoms with Gasteiger partial charge in [-0.15, -0.1) is 0 Å². The van der Waals surface area contributed by atoms with E-state index in [1.807, 2.05) is 55.0 Å². The normalized spacial score (nSPS) is 13.1. The summed E-state index contributed by atoms with van der Waals surface area (Å²) in [5.74, 6) is 2.49. The van der Waals surface area contributed by atoms with Crippen molar-refractivity contribution in [1.82, 2.24) is 14.6 Å². The molecule has 1 fully saturated rings. The molecule has 0 bridgehead atoms. The number of pyridine rings is 1. The monoisotopic (exact) mass is 360 g/mol. The van der Waals surface area contributed by atoms with Gasteiger partial charge in [0, 0.05) is 36.7 Å². The lowest BCUT2D eigenvalue weighted by atomic mass is 10.2. The maximum absolute atomic E-state index is 12.6. The van der Waals surface area contributed by atoms with Crippen LogP contribution in [-0.4, -0.2) is 39.1 Å². The van der Waals surface area contributed by atoms with Gasteiger partial charge in [0.2, 0.25) is 5.91 Å². The van der Waals surface area contributed by atoms with E-state index in [-0.39, 0.29) is 5.91 Å². The summed E-state index contributed by atoms with van der Waals surface area (Å²) in [6.07, 6.45) is 10.5. The quantitative estimate of drug-likeness (QED) is 0.751. The maximum atomic E-state index is 12.6. The van der Waals surface area contributed by atoms with Crippen molar-refractivity contribution in [3.8, 4) is 11.3 Å². The second-order valence-electron chi connectivity index (χ2n) is 5.92. The van der Waals surface area contributed by atoms with Crippen molar-refractivity contribution >= 4 is 17.7 Å². The number of thioether (sulfide) groups is 1. The summed E-state index contributed by atoms with van der Waals surface area (Å²) in [4.78, 5) is 21.4. The highest BCUT2D eigenvalue weighted by molar-refractivity contribution is 7.98. The van der Waals surface area contributed by atoms with Gasteiger partial charge in [0.15, 0.2) is 0 Å². The zero-order valence-corrected chi connectivity index (χ0v) is 16.4. The summed E-state index contributed by atoms with van der Waals surface area (Å²) < 4.78 is 1.92. The van der Waals surface area contributed by atoms with Gasteiger partial charge in [-0.2, -0.15) is 11.8 Å². The van der Waals surface area contributed by atoms with E-state index in [1.54, 1.807) is 24.2 Å². The SMILES string of the molecule is CC.CSCCC(=O)N(CC1CC1)n1cc(-c2cccnc2)nc1C. The Morgan fingerprint density at radius 1 is 1.40 bits per heavy atom. The highest BCUT2D eigenvalue weighted by Gasteiger charge is 2.28. The summed E-state index contributed by atoms with van der Waals surface area (Å²) in [5, 5.41) is 1.87. The largest absolute Gasteiger partial charge is 0.273 e. The van der Waals surface area contributed by atoms with Gasteiger partial charge in [0.25, 0.3) is 0 Å². The number of rotatable bonds is 7. The van der Waals surface area contributed by atoms with E-state index in [0.29, 0.717) is 12.3 Å². The molecule has 1 aliphatic carbocycles. The van der Waals surface area contributed by atoms with Crippen molar-refractivity contribution in [3.63, 3.8) is 0 Å². The number of imidazole rings is 1. The van der Waals surface area contributed by atoms with Gasteiger partial charge in [0.05, 0.1) is 11.9 Å². The van der Waals surface area contributed by atoms with Gasteiger partial charge in [0.1, 0.15) is 5.82 Å². The van der Waals surface area contributed by atoms with Crippen LogP contribution >= 0.6 is 11.8 Å². The highest BCUT2D eigenvalue weighted by Crippen LogP contribution is 2.30. The Morgan fingerprint density at radius 2 is 2.16 bits per heavy atom. The van der Waals surface area contributed by atoms with E-state index < -0.39 is 0 Å². The van der Waals surface area contributed by atoms with Gasteiger partial charge < -0.3 is 0 Å². The fraction of sp³-hybridized carbons (Fsp3) is 0.526. The lowest BCUT2D eigenvalue weighted by Crippen LogP contribution is -2.42. The molecule has 2 aromatic heterocycles. The molecule has 2 heterocycles. The third-order valence-corrected chi connectivity index (χ3v) is 4.62. The van der Waals surface area contributed by atoms with Crippen LogP contribution in [0.2, 0.25) is 0 Å². The number of amides is 1. The molecule has 25 heavy (non-hydrogen) atoms. The van der Waals surface area contributed by atoms with Gasteiger partial charge in [-0.25, -0.2) is 14.7 Å². The Hall–Kier alpha value is -1.82. The molecule has 1 aliphatic rings. The zero-order chi connectivity index (χ0) is 18.2. The Morgan fingerprint density at radius 3 is 2.76 bits per heavy atom. The molecule has 6 heteroatoms. The van der Waals surface area contributed by atoms with Crippen LogP contribution in [-0.2, 0) is 4.79 Å². The third kappa shape index (κ3) is 5.33. The van der Waals surface area contributed by atoms with Crippen LogP contribution in [0.3, 0.4) is 0 Å². The van der Waals surface area contributed by atoms with Crippen molar-refractivity contribution in [2.45, 2.75) is 40.0 Å². The molecule has 2 aromatic rings. The van der Waals surface area contributed by atoms with Crippen LogP contribution in [0.25, 0.3) is 11.3 Å². The Balaban J connectivity index is 0.00000109. The summed E-state index contributed by atoms with van der Waals surface area (Å²) in [5.41, 5.74) is 1.83. The average Bonchev–Trinajstić information content (AvgIpc) is 3.40. The number of nitrogens with zero attached hydrogens (tertiary/aromatic N) is 4. The number of carbonyl (C=O) groups is 1. The van der Waals surface area contributed by atoms with E-state index in [2.05, 4.69) is 9.97 Å². The molecule has 136 valence electrons. The van der Waals surface area contributed by atoms with E-state index >= 15 is 0 Å². The van der Waals surface area contributed by atoms with Crippen LogP contribution in [0.1, 0.15) is 38.9 Å². The molecule has 0 radical (unpaired) electrons. The molecule has 1 saturated carbocycles. The van der Waals surface area contributed by atoms with Crippen LogP contribution in [0.5, 0.6) is 0 Å². The predicted molar refractivity (Wildman–Crippen MR) is 105 cm³/mol. The standard InChI is InChI=1S/C17H22N4OS.C2H6/c1-13-19-16(15-4-3-8-18-10-15)12-20(13)21(11-14-5-6-14)17(22)7-9-23-2;1-2/h3-4,8,10,12,14H,5-7,9,11H2,1-2H3;1-2H3. The minimum Gasteiger partial charge on any atom is -0.273 e. The number of aromatic nitrogens is 3. The zero-order valence-electron chi connectivity index (χ0n) is 15.6. The summed E-state index contributed by atoms with van der Waals surface area (Å²) in [6, 6.07) is 3.88. The van der Waals surface area contributed by atoms with Crippen molar-refractivity contribution in [3.05, 3.63) is 36.5 Å². The predicted octanol–water partition coefficient (Wildman–Crippen LogP) is 3.91. The van der Waals surface area contributed by atoms with Crippen LogP contribution in [0, 0.1) is 12.8 Å². The molecule has 1 amide bonds. The van der Waals surface area contributed by atoms with Crippen LogP contribution in [0.4, 0.5) is 0 Å². The van der Waals surface area contributed by atoms with Crippen LogP contribution < -0.4 is 5.01 Å². The molecular formula is C19H28N4OS. The molecule has 0 spiro atoms. The van der Waals surface area contributed by atoms with Crippen LogP contribution in [0.15, 0.2) is 30.7 Å². The fourth-order valence-electron chi connectivity index (χ4n) is 2.53. The molecule has 0 saturated heterocycles. The molecule has 5 nitrogen and oxygen atoms in total. The Bertz CT molecular complexity index is 667. The summed E-state index contributed by atoms with van der Waals surface area (Å²) in [7, 11) is 0. The van der Waals surface area contributed by atoms with Crippen molar-refractivity contribution < 1.29 is 4.79 Å². The molecule has 0 N–H and O–H groups in total. The minimum absolute atomic E-state index is 0.171. The number of carbonyl (C=O) groups excluding carboxylic acids is 1. The third-order valence-electron chi connectivity index (χ3n) is 4.01. The lowest BCUT2D eigenvalue weighted by Gasteiger charge is -2.24. The first-order valence-corrected chi connectivity index (χ1v) is 10.3. The highest BCUT2D eigenvalue weighted by atomic mass is 32.2. The molecule has 0 aliphatic heterocycles. The summed E-state index contributed by atoms with van der Waals surface area (Å²) in [6.45, 7) is 6.73. The molecule has 3 rings (SSSR count). The Kier molecular flexibility index (Phi) is 7.50. The van der Waals surface area contributed by atoms with Gasteiger partial charge in [-0.1, -0.05) is 13.8 Å². The second-order valence-corrected chi connectivity index (χ2v) is 6.91. The molecular weight excluding hydrogens is 332 g/mol. The maximum Gasteiger partial charge on any atom is 0.242 e. The number of aryl methyl sites for hydroxylation is 1. The van der Waals surface area contributed by atoms with Crippen molar-refractivity contribution in [2.75, 3.05) is 23.6 Å². The summed E-state index contributed by atoms with van der Waals surface area (Å²) >= 11 is 1.70. The van der Waals surface area contributed by atoms with Gasteiger partial charge in [-0.05, 0) is 44.1 Å². The minimum atomic E-state index is 0.171. The van der Waals surface area contributed by atoms with Gasteiger partial charge >= 0.3 is 0 Å². The average molecular weight is 361 g/mol. The van der Waals surface area contributed by atoms with Crippen molar-refractivity contribution in [2.24, 2.45) is 5.92 Å². The van der Waals surface area contributed by atoms with E-state index in [0.717, 1.165) is 29.4 Å². The topological polar surface area (TPSA) is 51.0 Å². The lowest BCUT2D eigenvalue weighted by molar-refractivity contribution is -0.119. The molecule has 0 unspecified atom stereocenters. The Labute approximate surface area is 154 Å². The smallest absolute Gasteiger partial charge is 0.242 e. The molecule has 0 atom stereocenters. The van der Waals surface area contributed by atoms with Crippen molar-refractivity contribution in [1.29, 1.82) is 0 Å². The first-order valence-electron chi connectivity index (χ1n) is 8.95. The van der Waals surface area contributed by atoms with Gasteiger partial charge in [-0.3, -0.25) is 9.78 Å².